The highest BCUT2D eigenvalue weighted by Gasteiger charge is 2.23. The average molecular weight is 305 g/mol. The molecule has 7 heteroatoms. The van der Waals surface area contributed by atoms with E-state index in [0.717, 1.165) is 12.1 Å². The molecule has 2 N–H and O–H groups in total. The maximum absolute atomic E-state index is 13.3. The van der Waals surface area contributed by atoms with Crippen LogP contribution >= 0.6 is 0 Å². The summed E-state index contributed by atoms with van der Waals surface area (Å²) in [6, 6.07) is 2.94. The Morgan fingerprint density at radius 2 is 2.05 bits per heavy atom. The van der Waals surface area contributed by atoms with Crippen LogP contribution in [-0.2, 0) is 21.4 Å². The molecule has 0 amide bonds. The van der Waals surface area contributed by atoms with Crippen molar-refractivity contribution < 1.29 is 22.7 Å². The monoisotopic (exact) mass is 305 g/mol. The zero-order valence-electron chi connectivity index (χ0n) is 11.8. The number of sulfonamides is 1. The summed E-state index contributed by atoms with van der Waals surface area (Å²) < 4.78 is 45.2. The van der Waals surface area contributed by atoms with E-state index >= 15 is 0 Å². The number of aliphatic hydroxyl groups is 1. The SMILES string of the molecule is COCC(NS(=O)(=O)c1ccc(F)c(CO)c1)C(C)C. The molecule has 0 saturated carbocycles. The van der Waals surface area contributed by atoms with Gasteiger partial charge in [0.25, 0.3) is 0 Å². The lowest BCUT2D eigenvalue weighted by molar-refractivity contribution is 0.157. The van der Waals surface area contributed by atoms with Gasteiger partial charge in [-0.15, -0.1) is 0 Å². The minimum Gasteiger partial charge on any atom is -0.392 e. The van der Waals surface area contributed by atoms with E-state index < -0.39 is 22.4 Å². The number of halogens is 1. The fourth-order valence-corrected chi connectivity index (χ4v) is 3.07. The molecule has 114 valence electrons. The van der Waals surface area contributed by atoms with Gasteiger partial charge in [-0.1, -0.05) is 13.8 Å². The van der Waals surface area contributed by atoms with Gasteiger partial charge >= 0.3 is 0 Å². The molecular formula is C13H20FNO4S. The Morgan fingerprint density at radius 3 is 2.55 bits per heavy atom. The highest BCUT2D eigenvalue weighted by Crippen LogP contribution is 2.16. The number of hydrogen-bond acceptors (Lipinski definition) is 4. The Labute approximate surface area is 118 Å². The van der Waals surface area contributed by atoms with Gasteiger partial charge in [-0.25, -0.2) is 17.5 Å². The Hall–Kier alpha value is -1.02. The first-order valence-corrected chi connectivity index (χ1v) is 7.70. The molecule has 0 heterocycles. The molecule has 1 atom stereocenters. The summed E-state index contributed by atoms with van der Waals surface area (Å²) >= 11 is 0. The summed E-state index contributed by atoms with van der Waals surface area (Å²) in [5.41, 5.74) is -0.0549. The molecule has 0 fully saturated rings. The maximum atomic E-state index is 13.3. The van der Waals surface area contributed by atoms with Crippen molar-refractivity contribution in [1.29, 1.82) is 0 Å². The first-order chi connectivity index (χ1) is 9.31. The number of aliphatic hydroxyl groups excluding tert-OH is 1. The average Bonchev–Trinajstić information content (AvgIpc) is 2.38. The van der Waals surface area contributed by atoms with Gasteiger partial charge in [0.15, 0.2) is 0 Å². The van der Waals surface area contributed by atoms with Crippen LogP contribution in [-0.4, -0.2) is 33.3 Å². The van der Waals surface area contributed by atoms with E-state index in [-0.39, 0.29) is 29.0 Å². The van der Waals surface area contributed by atoms with Crippen molar-refractivity contribution in [2.75, 3.05) is 13.7 Å². The van der Waals surface area contributed by atoms with Crippen molar-refractivity contribution in [3.8, 4) is 0 Å². The van der Waals surface area contributed by atoms with Crippen molar-refractivity contribution in [1.82, 2.24) is 4.72 Å². The number of methoxy groups -OCH3 is 1. The maximum Gasteiger partial charge on any atom is 0.240 e. The molecule has 20 heavy (non-hydrogen) atoms. The van der Waals surface area contributed by atoms with Gasteiger partial charge in [0.1, 0.15) is 5.82 Å². The van der Waals surface area contributed by atoms with Crippen molar-refractivity contribution >= 4 is 10.0 Å². The van der Waals surface area contributed by atoms with Crippen LogP contribution in [0.15, 0.2) is 23.1 Å². The van der Waals surface area contributed by atoms with E-state index in [1.807, 2.05) is 13.8 Å². The lowest BCUT2D eigenvalue weighted by Gasteiger charge is -2.21. The Bertz CT molecular complexity index is 545. The molecule has 0 spiro atoms. The third-order valence-corrected chi connectivity index (χ3v) is 4.44. The summed E-state index contributed by atoms with van der Waals surface area (Å²) in [5, 5.41) is 8.99. The Morgan fingerprint density at radius 1 is 1.40 bits per heavy atom. The van der Waals surface area contributed by atoms with E-state index in [1.165, 1.54) is 13.2 Å². The molecule has 0 saturated heterocycles. The third kappa shape index (κ3) is 4.24. The summed E-state index contributed by atoms with van der Waals surface area (Å²) in [5.74, 6) is -0.591. The van der Waals surface area contributed by atoms with E-state index in [1.54, 1.807) is 0 Å². The van der Waals surface area contributed by atoms with Crippen LogP contribution in [0.1, 0.15) is 19.4 Å². The molecule has 5 nitrogen and oxygen atoms in total. The Kier molecular flexibility index (Phi) is 6.07. The van der Waals surface area contributed by atoms with E-state index in [9.17, 15) is 12.8 Å². The lowest BCUT2D eigenvalue weighted by Crippen LogP contribution is -2.41. The molecule has 0 aromatic heterocycles. The summed E-state index contributed by atoms with van der Waals surface area (Å²) in [6.45, 7) is 3.43. The molecule has 1 aromatic rings. The second kappa shape index (κ2) is 7.12. The molecule has 0 radical (unpaired) electrons. The number of rotatable bonds is 7. The fourth-order valence-electron chi connectivity index (χ4n) is 1.65. The molecule has 1 unspecified atom stereocenters. The lowest BCUT2D eigenvalue weighted by atomic mass is 10.1. The number of hydrogen-bond donors (Lipinski definition) is 2. The quantitative estimate of drug-likeness (QED) is 0.795. The zero-order valence-corrected chi connectivity index (χ0v) is 12.6. The Balaban J connectivity index is 3.04. The first-order valence-electron chi connectivity index (χ1n) is 6.22. The van der Waals surface area contributed by atoms with Crippen LogP contribution < -0.4 is 4.72 Å². The van der Waals surface area contributed by atoms with Crippen molar-refractivity contribution in [3.05, 3.63) is 29.6 Å². The van der Waals surface area contributed by atoms with E-state index in [0.29, 0.717) is 0 Å². The van der Waals surface area contributed by atoms with Crippen LogP contribution in [0.5, 0.6) is 0 Å². The van der Waals surface area contributed by atoms with Crippen molar-refractivity contribution in [2.45, 2.75) is 31.4 Å². The van der Waals surface area contributed by atoms with Gasteiger partial charge in [-0.2, -0.15) is 0 Å². The predicted octanol–water partition coefficient (Wildman–Crippen LogP) is 1.27. The van der Waals surface area contributed by atoms with Gasteiger partial charge in [-0.3, -0.25) is 0 Å². The van der Waals surface area contributed by atoms with Crippen LogP contribution in [0.3, 0.4) is 0 Å². The van der Waals surface area contributed by atoms with Gasteiger partial charge in [0, 0.05) is 18.7 Å². The molecule has 0 aliphatic rings. The molecular weight excluding hydrogens is 285 g/mol. The zero-order chi connectivity index (χ0) is 15.3. The van der Waals surface area contributed by atoms with Crippen molar-refractivity contribution in [3.63, 3.8) is 0 Å². The summed E-state index contributed by atoms with van der Waals surface area (Å²) in [4.78, 5) is -0.0790. The largest absolute Gasteiger partial charge is 0.392 e. The molecule has 0 aliphatic heterocycles. The van der Waals surface area contributed by atoms with E-state index in [4.69, 9.17) is 9.84 Å². The second-order valence-corrected chi connectivity index (χ2v) is 6.55. The molecule has 1 rings (SSSR count). The standard InChI is InChI=1S/C13H20FNO4S/c1-9(2)13(8-19-3)15-20(17,18)11-4-5-12(14)10(6-11)7-16/h4-6,9,13,15-16H,7-8H2,1-3H3. The highest BCUT2D eigenvalue weighted by atomic mass is 32.2. The van der Waals surface area contributed by atoms with Crippen LogP contribution in [0, 0.1) is 11.7 Å². The minimum atomic E-state index is -3.78. The van der Waals surface area contributed by atoms with Crippen LogP contribution in [0.4, 0.5) is 4.39 Å². The second-order valence-electron chi connectivity index (χ2n) is 4.84. The number of ether oxygens (including phenoxy) is 1. The third-order valence-electron chi connectivity index (χ3n) is 2.96. The molecule has 0 aliphatic carbocycles. The fraction of sp³-hybridized carbons (Fsp3) is 0.538. The number of nitrogens with one attached hydrogen (secondary N) is 1. The first kappa shape index (κ1) is 17.0. The molecule has 0 bridgehead atoms. The highest BCUT2D eigenvalue weighted by molar-refractivity contribution is 7.89. The van der Waals surface area contributed by atoms with Gasteiger partial charge < -0.3 is 9.84 Å². The van der Waals surface area contributed by atoms with Gasteiger partial charge in [0.2, 0.25) is 10.0 Å². The van der Waals surface area contributed by atoms with Gasteiger partial charge in [-0.05, 0) is 24.1 Å². The van der Waals surface area contributed by atoms with Crippen molar-refractivity contribution in [2.24, 2.45) is 5.92 Å². The topological polar surface area (TPSA) is 75.6 Å². The normalized spacial score (nSPS) is 13.7. The number of benzene rings is 1. The summed E-state index contributed by atoms with van der Waals surface area (Å²) in [7, 11) is -2.29. The van der Waals surface area contributed by atoms with Crippen LogP contribution in [0.25, 0.3) is 0 Å². The minimum absolute atomic E-state index is 0.0440. The molecule has 1 aromatic carbocycles. The summed E-state index contributed by atoms with van der Waals surface area (Å²) in [6.07, 6.45) is 0. The smallest absolute Gasteiger partial charge is 0.240 e. The predicted molar refractivity (Wildman–Crippen MR) is 73.1 cm³/mol. The van der Waals surface area contributed by atoms with E-state index in [2.05, 4.69) is 4.72 Å². The van der Waals surface area contributed by atoms with Gasteiger partial charge in [0.05, 0.1) is 18.1 Å². The van der Waals surface area contributed by atoms with Crippen LogP contribution in [0.2, 0.25) is 0 Å².